The Hall–Kier alpha value is -2.25. The number of hydrogen-bond donors (Lipinski definition) is 2. The monoisotopic (exact) mass is 419 g/mol. The van der Waals surface area contributed by atoms with Crippen LogP contribution in [0.25, 0.3) is 0 Å². The van der Waals surface area contributed by atoms with Crippen molar-refractivity contribution in [3.8, 4) is 0 Å². The lowest BCUT2D eigenvalue weighted by atomic mass is 9.93. The molecule has 6 nitrogen and oxygen atoms in total. The van der Waals surface area contributed by atoms with Crippen LogP contribution in [0.3, 0.4) is 0 Å². The molecule has 2 rings (SSSR count). The van der Waals surface area contributed by atoms with Gasteiger partial charge in [0, 0.05) is 17.1 Å². The number of rotatable bonds is 7. The van der Waals surface area contributed by atoms with Gasteiger partial charge in [-0.3, -0.25) is 14.6 Å². The zero-order valence-corrected chi connectivity index (χ0v) is 16.4. The molecule has 1 aromatic carbocycles. The summed E-state index contributed by atoms with van der Waals surface area (Å²) in [6, 6.07) is 9.47. The van der Waals surface area contributed by atoms with Crippen molar-refractivity contribution in [3.63, 3.8) is 0 Å². The van der Waals surface area contributed by atoms with Crippen molar-refractivity contribution in [2.75, 3.05) is 12.4 Å². The van der Waals surface area contributed by atoms with Gasteiger partial charge < -0.3 is 15.8 Å². The van der Waals surface area contributed by atoms with E-state index in [-0.39, 0.29) is 18.3 Å². The number of pyridine rings is 1. The van der Waals surface area contributed by atoms with E-state index in [1.807, 2.05) is 24.3 Å². The smallest absolute Gasteiger partial charge is 0.305 e. The topological polar surface area (TPSA) is 94.3 Å². The zero-order valence-electron chi connectivity index (χ0n) is 14.8. The molecule has 0 spiro atoms. The van der Waals surface area contributed by atoms with Crippen molar-refractivity contribution in [2.45, 2.75) is 31.7 Å². The van der Waals surface area contributed by atoms with E-state index in [4.69, 9.17) is 5.73 Å². The molecule has 1 aromatic heterocycles. The fourth-order valence-corrected chi connectivity index (χ4v) is 2.69. The molecule has 3 N–H and O–H groups in total. The fraction of sp³-hybridized carbons (Fsp3) is 0.316. The van der Waals surface area contributed by atoms with Gasteiger partial charge in [-0.15, -0.1) is 0 Å². The molecule has 0 saturated carbocycles. The number of anilines is 1. The molecule has 26 heavy (non-hydrogen) atoms. The minimum absolute atomic E-state index is 0.258. The Bertz CT molecular complexity index is 776. The Labute approximate surface area is 161 Å². The van der Waals surface area contributed by atoms with E-state index in [2.05, 4.69) is 31.0 Å². The Balaban J connectivity index is 2.01. The molecule has 0 radical (unpaired) electrons. The Morgan fingerprint density at radius 3 is 2.58 bits per heavy atom. The lowest BCUT2D eigenvalue weighted by Gasteiger charge is -2.23. The van der Waals surface area contributed by atoms with Crippen LogP contribution < -0.4 is 11.1 Å². The first-order valence-electron chi connectivity index (χ1n) is 8.15. The lowest BCUT2D eigenvalue weighted by Crippen LogP contribution is -2.50. The second kappa shape index (κ2) is 8.91. The average molecular weight is 420 g/mol. The van der Waals surface area contributed by atoms with Crippen LogP contribution in [0.5, 0.6) is 0 Å². The molecular weight excluding hydrogens is 398 g/mol. The minimum atomic E-state index is -1.07. The molecule has 1 amide bonds. The molecule has 138 valence electrons. The Morgan fingerprint density at radius 1 is 1.23 bits per heavy atom. The third-order valence-corrected chi connectivity index (χ3v) is 4.43. The summed E-state index contributed by atoms with van der Waals surface area (Å²) in [6.07, 6.45) is 4.36. The zero-order chi connectivity index (χ0) is 19.2. The predicted octanol–water partition coefficient (Wildman–Crippen LogP) is 2.85. The fourth-order valence-electron chi connectivity index (χ4n) is 2.42. The van der Waals surface area contributed by atoms with Crippen molar-refractivity contribution >= 4 is 33.5 Å². The van der Waals surface area contributed by atoms with Crippen LogP contribution in [-0.2, 0) is 27.2 Å². The second-order valence-electron chi connectivity index (χ2n) is 6.33. The largest absolute Gasteiger partial charge is 0.469 e. The highest BCUT2D eigenvalue weighted by Gasteiger charge is 2.28. The average Bonchev–Trinajstić information content (AvgIpc) is 2.61. The maximum atomic E-state index is 12.6. The number of halogens is 1. The number of hydrogen-bond acceptors (Lipinski definition) is 5. The number of ether oxygens (including phenoxy) is 1. The van der Waals surface area contributed by atoms with Crippen LogP contribution in [-0.4, -0.2) is 29.5 Å². The number of aromatic nitrogens is 1. The van der Waals surface area contributed by atoms with E-state index >= 15 is 0 Å². The quantitative estimate of drug-likeness (QED) is 0.672. The van der Waals surface area contributed by atoms with Crippen molar-refractivity contribution < 1.29 is 14.3 Å². The van der Waals surface area contributed by atoms with Gasteiger partial charge in [0.15, 0.2) is 0 Å². The van der Waals surface area contributed by atoms with Crippen LogP contribution >= 0.6 is 15.9 Å². The summed E-state index contributed by atoms with van der Waals surface area (Å²) in [5.41, 5.74) is 7.50. The van der Waals surface area contributed by atoms with Crippen LogP contribution in [0.15, 0.2) is 47.2 Å². The van der Waals surface area contributed by atoms with E-state index in [9.17, 15) is 9.59 Å². The molecule has 1 unspecified atom stereocenters. The number of carbonyl (C=O) groups is 2. The van der Waals surface area contributed by atoms with Crippen LogP contribution in [0.2, 0.25) is 0 Å². The summed E-state index contributed by atoms with van der Waals surface area (Å²) >= 11 is 3.38. The van der Waals surface area contributed by atoms with Crippen molar-refractivity contribution in [1.82, 2.24) is 4.98 Å². The van der Waals surface area contributed by atoms with Crippen LogP contribution in [0.4, 0.5) is 5.69 Å². The molecule has 0 bridgehead atoms. The summed E-state index contributed by atoms with van der Waals surface area (Å²) in [5.74, 6) is -0.587. The van der Waals surface area contributed by atoms with Crippen molar-refractivity contribution in [2.24, 2.45) is 5.73 Å². The van der Waals surface area contributed by atoms with Gasteiger partial charge in [0.1, 0.15) is 0 Å². The highest BCUT2D eigenvalue weighted by molar-refractivity contribution is 9.10. The van der Waals surface area contributed by atoms with E-state index in [0.29, 0.717) is 18.5 Å². The summed E-state index contributed by atoms with van der Waals surface area (Å²) < 4.78 is 5.60. The number of nitrogens with one attached hydrogen (secondary N) is 1. The second-order valence-corrected chi connectivity index (χ2v) is 7.25. The van der Waals surface area contributed by atoms with E-state index in [1.165, 1.54) is 7.11 Å². The molecule has 0 aliphatic carbocycles. The summed E-state index contributed by atoms with van der Waals surface area (Å²) in [6.45, 7) is 1.69. The third kappa shape index (κ3) is 5.93. The van der Waals surface area contributed by atoms with Gasteiger partial charge >= 0.3 is 5.97 Å². The molecule has 0 fully saturated rings. The lowest BCUT2D eigenvalue weighted by molar-refractivity contribution is -0.140. The minimum Gasteiger partial charge on any atom is -0.469 e. The number of nitrogens with zero attached hydrogens (tertiary/aromatic N) is 1. The molecular formula is C19H22BrN3O3. The molecule has 0 saturated heterocycles. The number of carbonyl (C=O) groups excluding carboxylic acids is 2. The van der Waals surface area contributed by atoms with Gasteiger partial charge in [0.2, 0.25) is 5.91 Å². The highest BCUT2D eigenvalue weighted by atomic mass is 79.9. The van der Waals surface area contributed by atoms with Gasteiger partial charge in [-0.2, -0.15) is 0 Å². The van der Waals surface area contributed by atoms with Crippen LogP contribution in [0.1, 0.15) is 24.5 Å². The molecule has 0 aliphatic heterocycles. The molecule has 1 heterocycles. The first-order valence-corrected chi connectivity index (χ1v) is 8.95. The van der Waals surface area contributed by atoms with Crippen molar-refractivity contribution in [3.05, 3.63) is 58.3 Å². The number of amides is 1. The molecule has 2 aromatic rings. The van der Waals surface area contributed by atoms with Gasteiger partial charge in [0.25, 0.3) is 0 Å². The summed E-state index contributed by atoms with van der Waals surface area (Å²) in [5, 5.41) is 2.80. The standard InChI is InChI=1S/C19H22BrN3O3/c1-19(21,10-13-3-6-15(20)7-4-13)18(25)23-16-9-14(11-22-12-16)5-8-17(24)26-2/h3-4,6-7,9,11-12H,5,8,10,21H2,1-2H3,(H,23,25). The number of nitrogens with two attached hydrogens (primary N) is 1. The maximum Gasteiger partial charge on any atom is 0.305 e. The predicted molar refractivity (Wildman–Crippen MR) is 104 cm³/mol. The Morgan fingerprint density at radius 2 is 1.92 bits per heavy atom. The Kier molecular flexibility index (Phi) is 6.88. The molecule has 1 atom stereocenters. The first-order chi connectivity index (χ1) is 12.3. The third-order valence-electron chi connectivity index (χ3n) is 3.90. The van der Waals surface area contributed by atoms with E-state index < -0.39 is 5.54 Å². The number of benzene rings is 1. The number of esters is 1. The van der Waals surface area contributed by atoms with Gasteiger partial charge in [0.05, 0.1) is 24.5 Å². The van der Waals surface area contributed by atoms with Gasteiger partial charge in [-0.25, -0.2) is 0 Å². The first kappa shape index (κ1) is 20.1. The number of aryl methyl sites for hydroxylation is 1. The molecule has 7 heteroatoms. The maximum absolute atomic E-state index is 12.6. The van der Waals surface area contributed by atoms with Crippen LogP contribution in [0, 0.1) is 0 Å². The van der Waals surface area contributed by atoms with Gasteiger partial charge in [-0.05, 0) is 49.1 Å². The SMILES string of the molecule is COC(=O)CCc1cncc(NC(=O)C(C)(N)Cc2ccc(Br)cc2)c1. The summed E-state index contributed by atoms with van der Waals surface area (Å²) in [4.78, 5) is 27.9. The summed E-state index contributed by atoms with van der Waals surface area (Å²) in [7, 11) is 1.35. The van der Waals surface area contributed by atoms with E-state index in [0.717, 1.165) is 15.6 Å². The van der Waals surface area contributed by atoms with Crippen molar-refractivity contribution in [1.29, 1.82) is 0 Å². The molecule has 0 aliphatic rings. The van der Waals surface area contributed by atoms with Gasteiger partial charge in [-0.1, -0.05) is 28.1 Å². The van der Waals surface area contributed by atoms with E-state index in [1.54, 1.807) is 25.4 Å². The number of methoxy groups -OCH3 is 1. The normalized spacial score (nSPS) is 12.9. The highest BCUT2D eigenvalue weighted by Crippen LogP contribution is 2.17.